The van der Waals surface area contributed by atoms with Crippen LogP contribution in [-0.2, 0) is 20.7 Å². The third-order valence-corrected chi connectivity index (χ3v) is 4.95. The Morgan fingerprint density at radius 1 is 1.23 bits per heavy atom. The van der Waals surface area contributed by atoms with Crippen LogP contribution in [0.15, 0.2) is 30.8 Å². The number of rotatable bonds is 8. The molecule has 142 valence electrons. The lowest BCUT2D eigenvalue weighted by atomic mass is 9.97. The van der Waals surface area contributed by atoms with E-state index in [2.05, 4.69) is 22.7 Å². The minimum atomic E-state index is -0.232. The molecule has 26 heavy (non-hydrogen) atoms. The van der Waals surface area contributed by atoms with Crippen molar-refractivity contribution in [3.05, 3.63) is 42.0 Å². The zero-order valence-electron chi connectivity index (χ0n) is 15.9. The van der Waals surface area contributed by atoms with Crippen LogP contribution in [0.5, 0.6) is 0 Å². The lowest BCUT2D eigenvalue weighted by Gasteiger charge is -2.30. The van der Waals surface area contributed by atoms with E-state index in [9.17, 15) is 9.59 Å². The van der Waals surface area contributed by atoms with E-state index in [0.29, 0.717) is 19.3 Å². The number of ether oxygens (including phenoxy) is 1. The van der Waals surface area contributed by atoms with Gasteiger partial charge in [0.15, 0.2) is 0 Å². The molecule has 0 radical (unpaired) electrons. The standard InChI is InChI=1S/C21H30N2O3/c1-16(10-11-20(24)26-3)18-9-7-8-17(14-18)15-19(22-2)21(25)23-12-5-4-6-13-23/h7-9,14,19,22H,1,4-6,10-13,15H2,2-3H3. The van der Waals surface area contributed by atoms with Crippen molar-refractivity contribution in [3.8, 4) is 0 Å². The van der Waals surface area contributed by atoms with Gasteiger partial charge in [-0.2, -0.15) is 0 Å². The van der Waals surface area contributed by atoms with Gasteiger partial charge in [0.05, 0.1) is 13.2 Å². The van der Waals surface area contributed by atoms with Crippen LogP contribution in [0, 0.1) is 0 Å². The first-order valence-electron chi connectivity index (χ1n) is 9.35. The molecule has 1 unspecified atom stereocenters. The molecule has 5 heteroatoms. The minimum absolute atomic E-state index is 0.183. The summed E-state index contributed by atoms with van der Waals surface area (Å²) in [5, 5.41) is 3.17. The summed E-state index contributed by atoms with van der Waals surface area (Å²) in [6.07, 6.45) is 4.94. The van der Waals surface area contributed by atoms with Crippen molar-refractivity contribution in [1.82, 2.24) is 10.2 Å². The Balaban J connectivity index is 2.00. The summed E-state index contributed by atoms with van der Waals surface area (Å²) in [6.45, 7) is 5.81. The first-order valence-corrected chi connectivity index (χ1v) is 9.35. The second-order valence-electron chi connectivity index (χ2n) is 6.81. The number of likely N-dealkylation sites (N-methyl/N-ethyl adjacent to an activating group) is 1. The molecule has 1 amide bonds. The number of hydrogen-bond donors (Lipinski definition) is 1. The molecular weight excluding hydrogens is 328 g/mol. The number of carbonyl (C=O) groups excluding carboxylic acids is 2. The van der Waals surface area contributed by atoms with Crippen LogP contribution < -0.4 is 5.32 Å². The summed E-state index contributed by atoms with van der Waals surface area (Å²) in [7, 11) is 3.23. The smallest absolute Gasteiger partial charge is 0.305 e. The van der Waals surface area contributed by atoms with E-state index in [4.69, 9.17) is 0 Å². The molecule has 1 atom stereocenters. The maximum absolute atomic E-state index is 12.8. The molecule has 1 N–H and O–H groups in total. The van der Waals surface area contributed by atoms with Crippen molar-refractivity contribution < 1.29 is 14.3 Å². The van der Waals surface area contributed by atoms with E-state index in [-0.39, 0.29) is 17.9 Å². The lowest BCUT2D eigenvalue weighted by Crippen LogP contribution is -2.48. The highest BCUT2D eigenvalue weighted by molar-refractivity contribution is 5.82. The van der Waals surface area contributed by atoms with Gasteiger partial charge >= 0.3 is 5.97 Å². The lowest BCUT2D eigenvalue weighted by molar-refractivity contribution is -0.140. The third-order valence-electron chi connectivity index (χ3n) is 4.95. The number of hydrogen-bond acceptors (Lipinski definition) is 4. The van der Waals surface area contributed by atoms with Crippen molar-refractivity contribution in [1.29, 1.82) is 0 Å². The molecule has 5 nitrogen and oxygen atoms in total. The average Bonchev–Trinajstić information content (AvgIpc) is 2.70. The summed E-state index contributed by atoms with van der Waals surface area (Å²) in [4.78, 5) is 26.0. The Kier molecular flexibility index (Phi) is 7.85. The van der Waals surface area contributed by atoms with Gasteiger partial charge in [-0.3, -0.25) is 9.59 Å². The van der Waals surface area contributed by atoms with E-state index in [1.165, 1.54) is 13.5 Å². The molecule has 1 aromatic rings. The van der Waals surface area contributed by atoms with Crippen molar-refractivity contribution in [2.75, 3.05) is 27.2 Å². The summed E-state index contributed by atoms with van der Waals surface area (Å²) in [5.74, 6) is -0.0493. The monoisotopic (exact) mass is 358 g/mol. The summed E-state index contributed by atoms with van der Waals surface area (Å²) in [6, 6.07) is 7.85. The molecule has 1 saturated heterocycles. The van der Waals surface area contributed by atoms with Gasteiger partial charge in [0.25, 0.3) is 0 Å². The van der Waals surface area contributed by atoms with Crippen LogP contribution >= 0.6 is 0 Å². The Morgan fingerprint density at radius 2 is 1.96 bits per heavy atom. The number of nitrogens with one attached hydrogen (secondary N) is 1. The number of allylic oxidation sites excluding steroid dienone is 1. The van der Waals surface area contributed by atoms with Gasteiger partial charge in [0.1, 0.15) is 0 Å². The number of nitrogens with zero attached hydrogens (tertiary/aromatic N) is 1. The second kappa shape index (κ2) is 10.1. The van der Waals surface area contributed by atoms with E-state index >= 15 is 0 Å². The number of likely N-dealkylation sites (tertiary alicyclic amines) is 1. The number of carbonyl (C=O) groups is 2. The van der Waals surface area contributed by atoms with Gasteiger partial charge in [0, 0.05) is 19.5 Å². The quantitative estimate of drug-likeness (QED) is 0.726. The number of amides is 1. The van der Waals surface area contributed by atoms with Gasteiger partial charge in [-0.25, -0.2) is 0 Å². The molecule has 1 heterocycles. The van der Waals surface area contributed by atoms with Crippen molar-refractivity contribution in [2.24, 2.45) is 0 Å². The van der Waals surface area contributed by atoms with Gasteiger partial charge in [-0.15, -0.1) is 0 Å². The third kappa shape index (κ3) is 5.70. The van der Waals surface area contributed by atoms with Crippen LogP contribution in [-0.4, -0.2) is 50.1 Å². The van der Waals surface area contributed by atoms with Crippen LogP contribution in [0.2, 0.25) is 0 Å². The fourth-order valence-electron chi connectivity index (χ4n) is 3.30. The van der Waals surface area contributed by atoms with Crippen LogP contribution in [0.4, 0.5) is 0 Å². The van der Waals surface area contributed by atoms with E-state index in [1.807, 2.05) is 30.1 Å². The Labute approximate surface area is 156 Å². The van der Waals surface area contributed by atoms with E-state index in [1.54, 1.807) is 0 Å². The predicted molar refractivity (Wildman–Crippen MR) is 104 cm³/mol. The number of esters is 1. The SMILES string of the molecule is C=C(CCC(=O)OC)c1cccc(CC(NC)C(=O)N2CCCCC2)c1. The predicted octanol–water partition coefficient (Wildman–Crippen LogP) is 2.80. The highest BCUT2D eigenvalue weighted by Crippen LogP contribution is 2.20. The first kappa shape index (κ1) is 20.2. The largest absolute Gasteiger partial charge is 0.469 e. The van der Waals surface area contributed by atoms with Gasteiger partial charge < -0.3 is 15.0 Å². The summed E-state index contributed by atoms with van der Waals surface area (Å²) < 4.78 is 4.68. The average molecular weight is 358 g/mol. The topological polar surface area (TPSA) is 58.6 Å². The summed E-state index contributed by atoms with van der Waals surface area (Å²) in [5.41, 5.74) is 3.00. The molecule has 0 bridgehead atoms. The Bertz CT molecular complexity index is 636. The van der Waals surface area contributed by atoms with E-state index in [0.717, 1.165) is 42.6 Å². The second-order valence-corrected chi connectivity index (χ2v) is 6.81. The minimum Gasteiger partial charge on any atom is -0.469 e. The molecule has 1 aliphatic heterocycles. The Hall–Kier alpha value is -2.14. The molecule has 1 aromatic carbocycles. The normalized spacial score (nSPS) is 15.4. The van der Waals surface area contributed by atoms with Gasteiger partial charge in [0.2, 0.25) is 5.91 Å². The molecule has 0 aliphatic carbocycles. The molecule has 0 saturated carbocycles. The Morgan fingerprint density at radius 3 is 2.62 bits per heavy atom. The van der Waals surface area contributed by atoms with Crippen LogP contribution in [0.25, 0.3) is 5.57 Å². The fourth-order valence-corrected chi connectivity index (χ4v) is 3.30. The maximum atomic E-state index is 12.8. The molecule has 1 aliphatic rings. The van der Waals surface area contributed by atoms with E-state index < -0.39 is 0 Å². The molecule has 0 spiro atoms. The number of benzene rings is 1. The zero-order chi connectivity index (χ0) is 18.9. The molecular formula is C21H30N2O3. The van der Waals surface area contributed by atoms with Crippen molar-refractivity contribution in [2.45, 2.75) is 44.6 Å². The van der Waals surface area contributed by atoms with Crippen molar-refractivity contribution >= 4 is 17.4 Å². The van der Waals surface area contributed by atoms with Crippen LogP contribution in [0.3, 0.4) is 0 Å². The maximum Gasteiger partial charge on any atom is 0.305 e. The molecule has 2 rings (SSSR count). The molecule has 1 fully saturated rings. The van der Waals surface area contributed by atoms with Crippen LogP contribution in [0.1, 0.15) is 43.2 Å². The zero-order valence-corrected chi connectivity index (χ0v) is 15.9. The first-order chi connectivity index (χ1) is 12.5. The molecule has 0 aromatic heterocycles. The fraction of sp³-hybridized carbons (Fsp3) is 0.524. The number of piperidine rings is 1. The van der Waals surface area contributed by atoms with Crippen molar-refractivity contribution in [3.63, 3.8) is 0 Å². The highest BCUT2D eigenvalue weighted by atomic mass is 16.5. The van der Waals surface area contributed by atoms with Gasteiger partial charge in [-0.1, -0.05) is 30.8 Å². The highest BCUT2D eigenvalue weighted by Gasteiger charge is 2.24. The number of methoxy groups -OCH3 is 1. The summed E-state index contributed by atoms with van der Waals surface area (Å²) >= 11 is 0. The van der Waals surface area contributed by atoms with Gasteiger partial charge in [-0.05, 0) is 55.9 Å².